The molecule has 1 nitrogen and oxygen atoms in total. The lowest BCUT2D eigenvalue weighted by molar-refractivity contribution is -0.114. The monoisotopic (exact) mass is 208 g/mol. The van der Waals surface area contributed by atoms with E-state index < -0.39 is 0 Å². The minimum atomic E-state index is 0.169. The van der Waals surface area contributed by atoms with Gasteiger partial charge in [-0.1, -0.05) is 36.7 Å². The zero-order chi connectivity index (χ0) is 10.4. The summed E-state index contributed by atoms with van der Waals surface area (Å²) >= 11 is 5.73. The molecule has 0 unspecified atom stereocenters. The molecule has 0 atom stereocenters. The van der Waals surface area contributed by atoms with Crippen LogP contribution in [0.25, 0.3) is 6.08 Å². The number of benzene rings is 1. The highest BCUT2D eigenvalue weighted by molar-refractivity contribution is 6.30. The lowest BCUT2D eigenvalue weighted by atomic mass is 10.1. The van der Waals surface area contributed by atoms with E-state index in [4.69, 9.17) is 11.6 Å². The average molecular weight is 209 g/mol. The van der Waals surface area contributed by atoms with E-state index in [2.05, 4.69) is 0 Å². The van der Waals surface area contributed by atoms with Gasteiger partial charge in [0.2, 0.25) is 0 Å². The van der Waals surface area contributed by atoms with Gasteiger partial charge in [-0.3, -0.25) is 4.79 Å². The number of ketones is 1. The highest BCUT2D eigenvalue weighted by Gasteiger charge is 1.93. The van der Waals surface area contributed by atoms with Crippen molar-refractivity contribution in [2.45, 2.75) is 19.8 Å². The summed E-state index contributed by atoms with van der Waals surface area (Å²) in [7, 11) is 0. The topological polar surface area (TPSA) is 17.1 Å². The second-order valence-electron chi connectivity index (χ2n) is 3.10. The van der Waals surface area contributed by atoms with Crippen LogP contribution >= 0.6 is 11.6 Å². The van der Waals surface area contributed by atoms with E-state index in [9.17, 15) is 4.79 Å². The SMILES string of the molecule is CCCC(=O)/C=C/c1ccc(Cl)cc1. The third kappa shape index (κ3) is 3.75. The number of halogens is 1. The van der Waals surface area contributed by atoms with E-state index in [1.165, 1.54) is 0 Å². The molecule has 0 saturated carbocycles. The molecule has 0 aromatic heterocycles. The van der Waals surface area contributed by atoms with Crippen LogP contribution in [0.3, 0.4) is 0 Å². The summed E-state index contributed by atoms with van der Waals surface area (Å²) in [6.45, 7) is 1.99. The molecule has 1 rings (SSSR count). The largest absolute Gasteiger partial charge is 0.295 e. The molecule has 1 aromatic rings. The van der Waals surface area contributed by atoms with Crippen molar-refractivity contribution in [1.29, 1.82) is 0 Å². The van der Waals surface area contributed by atoms with E-state index >= 15 is 0 Å². The van der Waals surface area contributed by atoms with Gasteiger partial charge < -0.3 is 0 Å². The molecule has 0 amide bonds. The number of hydrogen-bond donors (Lipinski definition) is 0. The molecule has 0 aliphatic carbocycles. The molecule has 14 heavy (non-hydrogen) atoms. The average Bonchev–Trinajstić information content (AvgIpc) is 2.17. The Morgan fingerprint density at radius 3 is 2.57 bits per heavy atom. The first-order valence-electron chi connectivity index (χ1n) is 4.69. The van der Waals surface area contributed by atoms with Gasteiger partial charge in [0.05, 0.1) is 0 Å². The lowest BCUT2D eigenvalue weighted by Crippen LogP contribution is -1.89. The summed E-state index contributed by atoms with van der Waals surface area (Å²) in [5.41, 5.74) is 0.999. The van der Waals surface area contributed by atoms with Gasteiger partial charge >= 0.3 is 0 Å². The van der Waals surface area contributed by atoms with Gasteiger partial charge in [-0.15, -0.1) is 0 Å². The quantitative estimate of drug-likeness (QED) is 0.690. The zero-order valence-electron chi connectivity index (χ0n) is 8.16. The van der Waals surface area contributed by atoms with E-state index in [0.717, 1.165) is 12.0 Å². The van der Waals surface area contributed by atoms with Crippen LogP contribution in [-0.4, -0.2) is 5.78 Å². The van der Waals surface area contributed by atoms with Crippen molar-refractivity contribution in [3.8, 4) is 0 Å². The smallest absolute Gasteiger partial charge is 0.155 e. The standard InChI is InChI=1S/C12H13ClO/c1-2-3-12(14)9-6-10-4-7-11(13)8-5-10/h4-9H,2-3H2,1H3/b9-6+. The van der Waals surface area contributed by atoms with Crippen LogP contribution in [0.4, 0.5) is 0 Å². The van der Waals surface area contributed by atoms with Crippen molar-refractivity contribution < 1.29 is 4.79 Å². The fourth-order valence-corrected chi connectivity index (χ4v) is 1.22. The number of hydrogen-bond acceptors (Lipinski definition) is 1. The molecular weight excluding hydrogens is 196 g/mol. The zero-order valence-corrected chi connectivity index (χ0v) is 8.92. The molecule has 2 heteroatoms. The molecule has 1 aromatic carbocycles. The normalized spacial score (nSPS) is 10.7. The van der Waals surface area contributed by atoms with Crippen LogP contribution in [0.5, 0.6) is 0 Å². The van der Waals surface area contributed by atoms with E-state index in [-0.39, 0.29) is 5.78 Å². The van der Waals surface area contributed by atoms with Gasteiger partial charge in [-0.2, -0.15) is 0 Å². The third-order valence-corrected chi connectivity index (χ3v) is 2.08. The summed E-state index contributed by atoms with van der Waals surface area (Å²) < 4.78 is 0. The fourth-order valence-electron chi connectivity index (χ4n) is 1.09. The first-order valence-corrected chi connectivity index (χ1v) is 5.06. The molecule has 0 aliphatic rings. The number of carbonyl (C=O) groups excluding carboxylic acids is 1. The second-order valence-corrected chi connectivity index (χ2v) is 3.54. The van der Waals surface area contributed by atoms with Crippen LogP contribution in [0, 0.1) is 0 Å². The Kier molecular flexibility index (Phi) is 4.41. The maximum absolute atomic E-state index is 11.2. The first kappa shape index (κ1) is 11.0. The van der Waals surface area contributed by atoms with Gasteiger partial charge in [0.1, 0.15) is 0 Å². The van der Waals surface area contributed by atoms with E-state index in [1.807, 2.05) is 37.3 Å². The minimum Gasteiger partial charge on any atom is -0.295 e. The Balaban J connectivity index is 2.60. The molecular formula is C12H13ClO. The maximum Gasteiger partial charge on any atom is 0.155 e. The van der Waals surface area contributed by atoms with Gasteiger partial charge in [-0.25, -0.2) is 0 Å². The maximum atomic E-state index is 11.2. The predicted molar refractivity (Wildman–Crippen MR) is 60.4 cm³/mol. The molecule has 0 aliphatic heterocycles. The Labute approximate surface area is 89.4 Å². The summed E-state index contributed by atoms with van der Waals surface area (Å²) in [5, 5.41) is 0.710. The summed E-state index contributed by atoms with van der Waals surface area (Å²) in [6, 6.07) is 7.40. The molecule has 0 saturated heterocycles. The van der Waals surface area contributed by atoms with Crippen LogP contribution < -0.4 is 0 Å². The van der Waals surface area contributed by atoms with Crippen molar-refractivity contribution in [3.05, 3.63) is 40.9 Å². The first-order chi connectivity index (χ1) is 6.72. The molecule has 74 valence electrons. The lowest BCUT2D eigenvalue weighted by Gasteiger charge is -1.93. The van der Waals surface area contributed by atoms with Crippen molar-refractivity contribution in [2.75, 3.05) is 0 Å². The van der Waals surface area contributed by atoms with E-state index in [0.29, 0.717) is 11.4 Å². The Hall–Kier alpha value is -1.08. The Morgan fingerprint density at radius 1 is 1.36 bits per heavy atom. The number of carbonyl (C=O) groups is 1. The summed E-state index contributed by atoms with van der Waals surface area (Å²) in [4.78, 5) is 11.2. The molecule has 0 N–H and O–H groups in total. The van der Waals surface area contributed by atoms with Gasteiger partial charge in [0.25, 0.3) is 0 Å². The van der Waals surface area contributed by atoms with Crippen LogP contribution in [0.15, 0.2) is 30.3 Å². The van der Waals surface area contributed by atoms with Gasteiger partial charge in [-0.05, 0) is 30.2 Å². The predicted octanol–water partition coefficient (Wildman–Crippen LogP) is 3.72. The van der Waals surface area contributed by atoms with Crippen LogP contribution in [0.1, 0.15) is 25.3 Å². The highest BCUT2D eigenvalue weighted by atomic mass is 35.5. The minimum absolute atomic E-state index is 0.169. The molecule has 0 fully saturated rings. The van der Waals surface area contributed by atoms with Gasteiger partial charge in [0.15, 0.2) is 5.78 Å². The fraction of sp³-hybridized carbons (Fsp3) is 0.250. The molecule has 0 heterocycles. The highest BCUT2D eigenvalue weighted by Crippen LogP contribution is 2.10. The number of allylic oxidation sites excluding steroid dienone is 1. The molecule has 0 radical (unpaired) electrons. The van der Waals surface area contributed by atoms with Gasteiger partial charge in [0, 0.05) is 11.4 Å². The van der Waals surface area contributed by atoms with Crippen LogP contribution in [0.2, 0.25) is 5.02 Å². The van der Waals surface area contributed by atoms with Crippen molar-refractivity contribution in [1.82, 2.24) is 0 Å². The van der Waals surface area contributed by atoms with Crippen LogP contribution in [-0.2, 0) is 4.79 Å². The Bertz CT molecular complexity index is 325. The Morgan fingerprint density at radius 2 is 2.00 bits per heavy atom. The number of rotatable bonds is 4. The molecule has 0 bridgehead atoms. The van der Waals surface area contributed by atoms with Crippen molar-refractivity contribution in [2.24, 2.45) is 0 Å². The van der Waals surface area contributed by atoms with Crippen molar-refractivity contribution in [3.63, 3.8) is 0 Å². The summed E-state index contributed by atoms with van der Waals surface area (Å²) in [5.74, 6) is 0.169. The second kappa shape index (κ2) is 5.61. The molecule has 0 spiro atoms. The van der Waals surface area contributed by atoms with E-state index in [1.54, 1.807) is 6.08 Å². The third-order valence-electron chi connectivity index (χ3n) is 1.83. The summed E-state index contributed by atoms with van der Waals surface area (Å²) in [6.07, 6.45) is 4.94. The van der Waals surface area contributed by atoms with Crippen molar-refractivity contribution >= 4 is 23.5 Å².